The predicted octanol–water partition coefficient (Wildman–Crippen LogP) is 3.52. The van der Waals surface area contributed by atoms with E-state index in [1.807, 2.05) is 30.9 Å². The van der Waals surface area contributed by atoms with Gasteiger partial charge in [-0.1, -0.05) is 19.1 Å². The SMILES string of the molecule is CCNC(Cc1cccc(F)c1Br)c1cn(C)nc1C. The van der Waals surface area contributed by atoms with Crippen molar-refractivity contribution in [2.75, 3.05) is 6.54 Å². The van der Waals surface area contributed by atoms with Gasteiger partial charge in [-0.3, -0.25) is 4.68 Å². The van der Waals surface area contributed by atoms with Crippen molar-refractivity contribution in [3.05, 3.63) is 51.5 Å². The highest BCUT2D eigenvalue weighted by atomic mass is 79.9. The first kappa shape index (κ1) is 15.2. The lowest BCUT2D eigenvalue weighted by Crippen LogP contribution is -2.23. The molecule has 1 aromatic carbocycles. The van der Waals surface area contributed by atoms with Crippen molar-refractivity contribution in [2.24, 2.45) is 7.05 Å². The second-order valence-corrected chi connectivity index (χ2v) is 5.66. The van der Waals surface area contributed by atoms with Gasteiger partial charge in [0.2, 0.25) is 0 Å². The number of aryl methyl sites for hydroxylation is 2. The maximum atomic E-state index is 13.6. The largest absolute Gasteiger partial charge is 0.310 e. The van der Waals surface area contributed by atoms with Crippen LogP contribution in [0.3, 0.4) is 0 Å². The highest BCUT2D eigenvalue weighted by Gasteiger charge is 2.18. The summed E-state index contributed by atoms with van der Waals surface area (Å²) in [7, 11) is 1.91. The number of benzene rings is 1. The van der Waals surface area contributed by atoms with E-state index in [1.165, 1.54) is 6.07 Å². The van der Waals surface area contributed by atoms with Gasteiger partial charge in [0.05, 0.1) is 10.2 Å². The van der Waals surface area contributed by atoms with Crippen molar-refractivity contribution < 1.29 is 4.39 Å². The second-order valence-electron chi connectivity index (χ2n) is 4.87. The number of aromatic nitrogens is 2. The van der Waals surface area contributed by atoms with Crippen LogP contribution in [0.25, 0.3) is 0 Å². The number of likely N-dealkylation sites (N-methyl/N-ethyl adjacent to an activating group) is 1. The average Bonchev–Trinajstić information content (AvgIpc) is 2.73. The third-order valence-electron chi connectivity index (χ3n) is 3.33. The van der Waals surface area contributed by atoms with Gasteiger partial charge < -0.3 is 5.32 Å². The zero-order chi connectivity index (χ0) is 14.7. The molecule has 0 aliphatic heterocycles. The summed E-state index contributed by atoms with van der Waals surface area (Å²) in [4.78, 5) is 0. The average molecular weight is 340 g/mol. The molecular weight excluding hydrogens is 321 g/mol. The molecule has 5 heteroatoms. The fourth-order valence-electron chi connectivity index (χ4n) is 2.42. The normalized spacial score (nSPS) is 12.7. The molecule has 0 aliphatic rings. The number of hydrogen-bond acceptors (Lipinski definition) is 2. The fourth-order valence-corrected chi connectivity index (χ4v) is 2.85. The third-order valence-corrected chi connectivity index (χ3v) is 4.22. The lowest BCUT2D eigenvalue weighted by Gasteiger charge is -2.18. The van der Waals surface area contributed by atoms with Gasteiger partial charge in [0.1, 0.15) is 5.82 Å². The molecule has 1 atom stereocenters. The molecule has 108 valence electrons. The minimum Gasteiger partial charge on any atom is -0.310 e. The molecule has 0 amide bonds. The first-order valence-corrected chi connectivity index (χ1v) is 7.48. The van der Waals surface area contributed by atoms with E-state index in [2.05, 4.69) is 33.3 Å². The summed E-state index contributed by atoms with van der Waals surface area (Å²) in [6.07, 6.45) is 2.74. The van der Waals surface area contributed by atoms with Crippen molar-refractivity contribution in [3.8, 4) is 0 Å². The quantitative estimate of drug-likeness (QED) is 0.903. The number of halogens is 2. The van der Waals surface area contributed by atoms with Crippen LogP contribution in [0, 0.1) is 12.7 Å². The van der Waals surface area contributed by atoms with E-state index in [0.717, 1.165) is 29.8 Å². The van der Waals surface area contributed by atoms with Gasteiger partial charge in [-0.15, -0.1) is 0 Å². The number of nitrogens with zero attached hydrogens (tertiary/aromatic N) is 2. The summed E-state index contributed by atoms with van der Waals surface area (Å²) in [6, 6.07) is 5.29. The highest BCUT2D eigenvalue weighted by molar-refractivity contribution is 9.10. The Balaban J connectivity index is 2.30. The Bertz CT molecular complexity index is 595. The number of nitrogens with one attached hydrogen (secondary N) is 1. The Morgan fingerprint density at radius 3 is 2.80 bits per heavy atom. The Morgan fingerprint density at radius 2 is 2.20 bits per heavy atom. The first-order valence-electron chi connectivity index (χ1n) is 6.69. The maximum absolute atomic E-state index is 13.6. The standard InChI is InChI=1S/C15H19BrFN3/c1-4-18-14(12-9-20(3)19-10(12)2)8-11-6-5-7-13(17)15(11)16/h5-7,9,14,18H,4,8H2,1-3H3. The summed E-state index contributed by atoms with van der Waals surface area (Å²) in [6.45, 7) is 4.92. The molecule has 0 aliphatic carbocycles. The lowest BCUT2D eigenvalue weighted by atomic mass is 9.99. The van der Waals surface area contributed by atoms with Crippen LogP contribution >= 0.6 is 15.9 Å². The number of rotatable bonds is 5. The molecule has 20 heavy (non-hydrogen) atoms. The fraction of sp³-hybridized carbons (Fsp3) is 0.400. The van der Waals surface area contributed by atoms with Crippen LogP contribution in [0.1, 0.15) is 29.8 Å². The Morgan fingerprint density at radius 1 is 1.45 bits per heavy atom. The van der Waals surface area contributed by atoms with Crippen molar-refractivity contribution in [3.63, 3.8) is 0 Å². The summed E-state index contributed by atoms with van der Waals surface area (Å²) < 4.78 is 16.0. The molecule has 1 aromatic heterocycles. The van der Waals surface area contributed by atoms with Gasteiger partial charge in [0, 0.05) is 24.8 Å². The van der Waals surface area contributed by atoms with Crippen molar-refractivity contribution >= 4 is 15.9 Å². The van der Waals surface area contributed by atoms with Crippen molar-refractivity contribution in [2.45, 2.75) is 26.3 Å². The molecular formula is C15H19BrFN3. The second kappa shape index (κ2) is 6.50. The Hall–Kier alpha value is -1.20. The lowest BCUT2D eigenvalue weighted by molar-refractivity contribution is 0.542. The van der Waals surface area contributed by atoms with Gasteiger partial charge in [0.25, 0.3) is 0 Å². The summed E-state index contributed by atoms with van der Waals surface area (Å²) in [5.74, 6) is -0.222. The minimum absolute atomic E-state index is 0.131. The molecule has 0 saturated heterocycles. The summed E-state index contributed by atoms with van der Waals surface area (Å²) in [5.41, 5.74) is 3.12. The molecule has 0 radical (unpaired) electrons. The van der Waals surface area contributed by atoms with E-state index < -0.39 is 0 Å². The molecule has 1 N–H and O–H groups in total. The molecule has 3 nitrogen and oxygen atoms in total. The number of hydrogen-bond donors (Lipinski definition) is 1. The highest BCUT2D eigenvalue weighted by Crippen LogP contribution is 2.27. The van der Waals surface area contributed by atoms with Gasteiger partial charge in [-0.05, 0) is 47.4 Å². The molecule has 0 bridgehead atoms. The zero-order valence-electron chi connectivity index (χ0n) is 12.0. The van der Waals surface area contributed by atoms with E-state index >= 15 is 0 Å². The van der Waals surface area contributed by atoms with Crippen LogP contribution in [0.15, 0.2) is 28.9 Å². The van der Waals surface area contributed by atoms with Crippen LogP contribution in [0.5, 0.6) is 0 Å². The molecule has 0 saturated carbocycles. The van der Waals surface area contributed by atoms with Crippen LogP contribution in [0.2, 0.25) is 0 Å². The van der Waals surface area contributed by atoms with Crippen LogP contribution in [0.4, 0.5) is 4.39 Å². The van der Waals surface area contributed by atoms with Gasteiger partial charge in [-0.2, -0.15) is 5.10 Å². The summed E-state index contributed by atoms with van der Waals surface area (Å²) >= 11 is 3.33. The monoisotopic (exact) mass is 339 g/mol. The van der Waals surface area contributed by atoms with Crippen molar-refractivity contribution in [1.82, 2.24) is 15.1 Å². The summed E-state index contributed by atoms with van der Waals surface area (Å²) in [5, 5.41) is 7.84. The molecule has 2 rings (SSSR count). The molecule has 1 unspecified atom stereocenters. The minimum atomic E-state index is -0.222. The topological polar surface area (TPSA) is 29.9 Å². The molecule has 1 heterocycles. The third kappa shape index (κ3) is 3.27. The Labute approximate surface area is 127 Å². The maximum Gasteiger partial charge on any atom is 0.137 e. The van der Waals surface area contributed by atoms with E-state index in [9.17, 15) is 4.39 Å². The van der Waals surface area contributed by atoms with Crippen LogP contribution in [-0.4, -0.2) is 16.3 Å². The first-order chi connectivity index (χ1) is 9.52. The van der Waals surface area contributed by atoms with E-state index in [1.54, 1.807) is 6.07 Å². The zero-order valence-corrected chi connectivity index (χ0v) is 13.5. The molecule has 0 spiro atoms. The van der Waals surface area contributed by atoms with Gasteiger partial charge in [0.15, 0.2) is 0 Å². The van der Waals surface area contributed by atoms with Gasteiger partial charge >= 0.3 is 0 Å². The van der Waals surface area contributed by atoms with E-state index in [0.29, 0.717) is 4.47 Å². The predicted molar refractivity (Wildman–Crippen MR) is 82.2 cm³/mol. The molecule has 0 fully saturated rings. The van der Waals surface area contributed by atoms with Crippen LogP contribution in [-0.2, 0) is 13.5 Å². The van der Waals surface area contributed by atoms with Gasteiger partial charge in [-0.25, -0.2) is 4.39 Å². The van der Waals surface area contributed by atoms with Crippen LogP contribution < -0.4 is 5.32 Å². The molecule has 2 aromatic rings. The van der Waals surface area contributed by atoms with E-state index in [4.69, 9.17) is 0 Å². The van der Waals surface area contributed by atoms with E-state index in [-0.39, 0.29) is 11.9 Å². The van der Waals surface area contributed by atoms with Crippen molar-refractivity contribution in [1.29, 1.82) is 0 Å². The smallest absolute Gasteiger partial charge is 0.137 e. The Kier molecular flexibility index (Phi) is 4.94.